The Hall–Kier alpha value is -1.02. The summed E-state index contributed by atoms with van der Waals surface area (Å²) in [5, 5.41) is 3.57. The maximum Gasteiger partial charge on any atom is 0.118 e. The Morgan fingerprint density at radius 3 is 2.56 bits per heavy atom. The molecule has 1 aliphatic rings. The Bertz CT molecular complexity index is 343. The molecule has 100 valence electrons. The average Bonchev–Trinajstić information content (AvgIpc) is 3.23. The van der Waals surface area contributed by atoms with Crippen molar-refractivity contribution in [1.29, 1.82) is 0 Å². The molecule has 0 saturated heterocycles. The van der Waals surface area contributed by atoms with E-state index in [0.717, 1.165) is 24.1 Å². The highest BCUT2D eigenvalue weighted by atomic mass is 16.5. The van der Waals surface area contributed by atoms with E-state index in [1.54, 1.807) is 7.11 Å². The van der Waals surface area contributed by atoms with Crippen LogP contribution in [0.5, 0.6) is 5.75 Å². The fraction of sp³-hybridized carbons (Fsp3) is 0.625. The summed E-state index contributed by atoms with van der Waals surface area (Å²) in [5.41, 5.74) is 1.44. The maximum absolute atomic E-state index is 5.20. The van der Waals surface area contributed by atoms with Crippen molar-refractivity contribution >= 4 is 0 Å². The van der Waals surface area contributed by atoms with Crippen molar-refractivity contribution in [2.45, 2.75) is 32.6 Å². The second kappa shape index (κ2) is 6.79. The van der Waals surface area contributed by atoms with E-state index in [1.807, 2.05) is 0 Å². The third kappa shape index (κ3) is 4.02. The highest BCUT2D eigenvalue weighted by Gasteiger charge is 2.30. The molecule has 0 aromatic heterocycles. The third-order valence-corrected chi connectivity index (χ3v) is 3.78. The molecule has 0 aliphatic heterocycles. The third-order valence-electron chi connectivity index (χ3n) is 3.78. The van der Waals surface area contributed by atoms with E-state index in [1.165, 1.54) is 37.8 Å². The summed E-state index contributed by atoms with van der Waals surface area (Å²) in [7, 11) is 1.72. The minimum atomic E-state index is 0.810. The Balaban J connectivity index is 1.86. The zero-order valence-corrected chi connectivity index (χ0v) is 11.6. The van der Waals surface area contributed by atoms with Gasteiger partial charge in [-0.25, -0.2) is 0 Å². The molecule has 1 fully saturated rings. The first-order valence-electron chi connectivity index (χ1n) is 7.17. The lowest BCUT2D eigenvalue weighted by Gasteiger charge is -2.17. The smallest absolute Gasteiger partial charge is 0.118 e. The summed E-state index contributed by atoms with van der Waals surface area (Å²) in [6, 6.07) is 8.54. The van der Waals surface area contributed by atoms with Crippen LogP contribution in [0, 0.1) is 11.8 Å². The zero-order valence-electron chi connectivity index (χ0n) is 11.6. The molecule has 1 N–H and O–H groups in total. The van der Waals surface area contributed by atoms with Crippen LogP contribution in [-0.4, -0.2) is 20.2 Å². The molecule has 2 rings (SSSR count). The normalized spacial score (nSPS) is 16.6. The van der Waals surface area contributed by atoms with Crippen LogP contribution < -0.4 is 10.1 Å². The quantitative estimate of drug-likeness (QED) is 0.712. The fourth-order valence-electron chi connectivity index (χ4n) is 2.50. The van der Waals surface area contributed by atoms with Gasteiger partial charge in [0.2, 0.25) is 0 Å². The molecule has 2 heteroatoms. The molecular weight excluding hydrogens is 222 g/mol. The molecule has 0 spiro atoms. The number of hydrogen-bond acceptors (Lipinski definition) is 2. The van der Waals surface area contributed by atoms with Crippen LogP contribution in [0.1, 0.15) is 31.7 Å². The van der Waals surface area contributed by atoms with E-state index < -0.39 is 0 Å². The van der Waals surface area contributed by atoms with Crippen molar-refractivity contribution < 1.29 is 4.74 Å². The summed E-state index contributed by atoms with van der Waals surface area (Å²) in [5.74, 6) is 2.72. The summed E-state index contributed by atoms with van der Waals surface area (Å²) < 4.78 is 5.20. The van der Waals surface area contributed by atoms with Gasteiger partial charge in [-0.05, 0) is 68.3 Å². The van der Waals surface area contributed by atoms with Gasteiger partial charge in [0, 0.05) is 0 Å². The molecule has 0 amide bonds. The van der Waals surface area contributed by atoms with Crippen molar-refractivity contribution in [3.8, 4) is 5.75 Å². The number of methoxy groups -OCH3 is 1. The molecule has 1 atom stereocenters. The highest BCUT2D eigenvalue weighted by molar-refractivity contribution is 5.27. The second-order valence-corrected chi connectivity index (χ2v) is 5.35. The predicted molar refractivity (Wildman–Crippen MR) is 76.1 cm³/mol. The van der Waals surface area contributed by atoms with Gasteiger partial charge in [0.1, 0.15) is 5.75 Å². The molecule has 0 bridgehead atoms. The molecule has 0 radical (unpaired) electrons. The van der Waals surface area contributed by atoms with Gasteiger partial charge in [-0.3, -0.25) is 0 Å². The monoisotopic (exact) mass is 247 g/mol. The Morgan fingerprint density at radius 2 is 2.00 bits per heavy atom. The number of nitrogens with one attached hydrogen (secondary N) is 1. The standard InChI is InChI=1S/C16H25NO/c1-3-10-17-12-15(14-6-7-14)11-13-4-8-16(18-2)9-5-13/h4-5,8-9,14-15,17H,3,6-7,10-12H2,1-2H3. The average molecular weight is 247 g/mol. The SMILES string of the molecule is CCCNCC(Cc1ccc(OC)cc1)C1CC1. The van der Waals surface area contributed by atoms with Crippen molar-refractivity contribution in [2.75, 3.05) is 20.2 Å². The first-order valence-corrected chi connectivity index (χ1v) is 7.17. The van der Waals surface area contributed by atoms with Gasteiger partial charge in [0.25, 0.3) is 0 Å². The van der Waals surface area contributed by atoms with Crippen LogP contribution in [0.25, 0.3) is 0 Å². The van der Waals surface area contributed by atoms with E-state index in [4.69, 9.17) is 4.74 Å². The van der Waals surface area contributed by atoms with Crippen LogP contribution in [0.2, 0.25) is 0 Å². The first-order chi connectivity index (χ1) is 8.83. The predicted octanol–water partition coefficient (Wildman–Crippen LogP) is 3.26. The molecule has 1 aromatic rings. The van der Waals surface area contributed by atoms with Gasteiger partial charge in [0.15, 0.2) is 0 Å². The Kier molecular flexibility index (Phi) is 5.06. The van der Waals surface area contributed by atoms with Crippen LogP contribution in [0.15, 0.2) is 24.3 Å². The van der Waals surface area contributed by atoms with E-state index in [-0.39, 0.29) is 0 Å². The first kappa shape index (κ1) is 13.4. The molecule has 1 unspecified atom stereocenters. The zero-order chi connectivity index (χ0) is 12.8. The van der Waals surface area contributed by atoms with E-state index in [0.29, 0.717) is 0 Å². The molecule has 2 nitrogen and oxygen atoms in total. The number of rotatable bonds is 8. The summed E-state index contributed by atoms with van der Waals surface area (Å²) in [6.45, 7) is 4.54. The Morgan fingerprint density at radius 1 is 1.28 bits per heavy atom. The molecular formula is C16H25NO. The highest BCUT2D eigenvalue weighted by Crippen LogP contribution is 2.38. The van der Waals surface area contributed by atoms with Crippen molar-refractivity contribution in [1.82, 2.24) is 5.32 Å². The van der Waals surface area contributed by atoms with Crippen LogP contribution in [-0.2, 0) is 6.42 Å². The molecule has 0 heterocycles. The number of hydrogen-bond donors (Lipinski definition) is 1. The van der Waals surface area contributed by atoms with Gasteiger partial charge < -0.3 is 10.1 Å². The lowest BCUT2D eigenvalue weighted by atomic mass is 9.94. The molecule has 1 aliphatic carbocycles. The van der Waals surface area contributed by atoms with Crippen molar-refractivity contribution in [3.05, 3.63) is 29.8 Å². The van der Waals surface area contributed by atoms with Crippen LogP contribution in [0.4, 0.5) is 0 Å². The largest absolute Gasteiger partial charge is 0.497 e. The van der Waals surface area contributed by atoms with E-state index in [9.17, 15) is 0 Å². The number of benzene rings is 1. The molecule has 1 saturated carbocycles. The van der Waals surface area contributed by atoms with Crippen molar-refractivity contribution in [2.24, 2.45) is 11.8 Å². The Labute approximate surface area is 111 Å². The minimum absolute atomic E-state index is 0.810. The van der Waals surface area contributed by atoms with Crippen LogP contribution >= 0.6 is 0 Å². The summed E-state index contributed by atoms with van der Waals surface area (Å²) in [4.78, 5) is 0. The summed E-state index contributed by atoms with van der Waals surface area (Å²) >= 11 is 0. The number of ether oxygens (including phenoxy) is 1. The van der Waals surface area contributed by atoms with Gasteiger partial charge >= 0.3 is 0 Å². The molecule has 1 aromatic carbocycles. The van der Waals surface area contributed by atoms with Gasteiger partial charge in [-0.2, -0.15) is 0 Å². The van der Waals surface area contributed by atoms with E-state index in [2.05, 4.69) is 36.5 Å². The minimum Gasteiger partial charge on any atom is -0.497 e. The molecule has 18 heavy (non-hydrogen) atoms. The maximum atomic E-state index is 5.20. The van der Waals surface area contributed by atoms with Gasteiger partial charge in [-0.1, -0.05) is 19.1 Å². The van der Waals surface area contributed by atoms with E-state index >= 15 is 0 Å². The van der Waals surface area contributed by atoms with Gasteiger partial charge in [-0.15, -0.1) is 0 Å². The summed E-state index contributed by atoms with van der Waals surface area (Å²) in [6.07, 6.45) is 5.27. The van der Waals surface area contributed by atoms with Gasteiger partial charge in [0.05, 0.1) is 7.11 Å². The van der Waals surface area contributed by atoms with Crippen LogP contribution in [0.3, 0.4) is 0 Å². The van der Waals surface area contributed by atoms with Crippen molar-refractivity contribution in [3.63, 3.8) is 0 Å². The fourth-order valence-corrected chi connectivity index (χ4v) is 2.50. The lowest BCUT2D eigenvalue weighted by molar-refractivity contribution is 0.412. The topological polar surface area (TPSA) is 21.3 Å². The second-order valence-electron chi connectivity index (χ2n) is 5.35. The lowest BCUT2D eigenvalue weighted by Crippen LogP contribution is -2.26.